The van der Waals surface area contributed by atoms with Gasteiger partial charge in [-0.1, -0.05) is 127 Å². The molecule has 0 aliphatic heterocycles. The van der Waals surface area contributed by atoms with Gasteiger partial charge in [0.25, 0.3) is 0 Å². The van der Waals surface area contributed by atoms with E-state index in [4.69, 9.17) is 14.4 Å². The van der Waals surface area contributed by atoms with Crippen molar-refractivity contribution in [3.8, 4) is 39.5 Å². The molecule has 206 valence electrons. The van der Waals surface area contributed by atoms with Crippen molar-refractivity contribution in [1.82, 2.24) is 14.5 Å². The summed E-state index contributed by atoms with van der Waals surface area (Å²) in [6.07, 6.45) is 0. The monoisotopic (exact) mass is 563 g/mol. The van der Waals surface area contributed by atoms with Crippen LogP contribution in [0.4, 0.5) is 0 Å². The van der Waals surface area contributed by atoms with Gasteiger partial charge in [0.2, 0.25) is 0 Å². The van der Waals surface area contributed by atoms with Gasteiger partial charge in [-0.15, -0.1) is 0 Å². The van der Waals surface area contributed by atoms with Crippen LogP contribution in [0.5, 0.6) is 0 Å². The van der Waals surface area contributed by atoms with Crippen LogP contribution in [0.25, 0.3) is 83.3 Å². The van der Waals surface area contributed by atoms with Crippen LogP contribution in [0, 0.1) is 0 Å². The Balaban J connectivity index is 1.28. The highest BCUT2D eigenvalue weighted by molar-refractivity contribution is 6.14. The number of nitrogens with zero attached hydrogens (tertiary/aromatic N) is 3. The van der Waals surface area contributed by atoms with Gasteiger partial charge in [-0.25, -0.2) is 9.97 Å². The van der Waals surface area contributed by atoms with Crippen molar-refractivity contribution in [1.29, 1.82) is 0 Å². The Labute approximate surface area is 253 Å². The van der Waals surface area contributed by atoms with E-state index in [1.165, 1.54) is 0 Å². The first-order valence-electron chi connectivity index (χ1n) is 14.8. The molecule has 0 spiro atoms. The van der Waals surface area contributed by atoms with Gasteiger partial charge in [0.1, 0.15) is 16.8 Å². The highest BCUT2D eigenvalue weighted by Gasteiger charge is 2.21. The third-order valence-corrected chi connectivity index (χ3v) is 8.44. The van der Waals surface area contributed by atoms with Crippen LogP contribution in [0.15, 0.2) is 156 Å². The predicted octanol–water partition coefficient (Wildman–Crippen LogP) is 10.5. The molecule has 0 N–H and O–H groups in total. The fraction of sp³-hybridized carbons (Fsp3) is 0. The maximum absolute atomic E-state index is 6.34. The Morgan fingerprint density at radius 1 is 0.477 bits per heavy atom. The molecule has 9 aromatic rings. The van der Waals surface area contributed by atoms with E-state index in [0.717, 1.165) is 77.5 Å². The smallest absolute Gasteiger partial charge is 0.162 e. The Bertz CT molecular complexity index is 2470. The molecule has 3 aromatic heterocycles. The largest absolute Gasteiger partial charge is 0.455 e. The molecule has 0 saturated heterocycles. The van der Waals surface area contributed by atoms with E-state index in [9.17, 15) is 0 Å². The SMILES string of the molecule is c1ccc(-c2nc(-c3ccccc3)c3c4ccccc4n(-c4ccc(-c5cccc6c5oc5ccccc56)cc4)c3n2)cc1. The number of hydrogen-bond acceptors (Lipinski definition) is 3. The van der Waals surface area contributed by atoms with Gasteiger partial charge >= 0.3 is 0 Å². The van der Waals surface area contributed by atoms with Gasteiger partial charge in [0, 0.05) is 38.5 Å². The number of hydrogen-bond donors (Lipinski definition) is 0. The lowest BCUT2D eigenvalue weighted by molar-refractivity contribution is 0.670. The first-order chi connectivity index (χ1) is 21.8. The third kappa shape index (κ3) is 3.78. The molecular formula is C40H25N3O. The minimum absolute atomic E-state index is 0.703. The zero-order chi connectivity index (χ0) is 29.0. The van der Waals surface area contributed by atoms with Crippen LogP contribution in [0.3, 0.4) is 0 Å². The molecule has 0 saturated carbocycles. The van der Waals surface area contributed by atoms with Gasteiger partial charge in [-0.2, -0.15) is 0 Å². The quantitative estimate of drug-likeness (QED) is 0.214. The highest BCUT2D eigenvalue weighted by atomic mass is 16.3. The second kappa shape index (κ2) is 9.79. The second-order valence-electron chi connectivity index (χ2n) is 11.0. The first kappa shape index (κ1) is 24.6. The Hall–Kier alpha value is -6.00. The zero-order valence-electron chi connectivity index (χ0n) is 23.7. The molecule has 9 rings (SSSR count). The summed E-state index contributed by atoms with van der Waals surface area (Å²) < 4.78 is 8.60. The molecule has 6 aromatic carbocycles. The molecule has 0 aliphatic carbocycles. The summed E-state index contributed by atoms with van der Waals surface area (Å²) in [5.41, 5.74) is 9.97. The summed E-state index contributed by atoms with van der Waals surface area (Å²) in [6, 6.07) is 52.4. The molecule has 0 radical (unpaired) electrons. The molecular weight excluding hydrogens is 538 g/mol. The van der Waals surface area contributed by atoms with Crippen molar-refractivity contribution in [3.05, 3.63) is 152 Å². The summed E-state index contributed by atoms with van der Waals surface area (Å²) >= 11 is 0. The number of benzene rings is 6. The van der Waals surface area contributed by atoms with Crippen molar-refractivity contribution in [2.24, 2.45) is 0 Å². The second-order valence-corrected chi connectivity index (χ2v) is 11.0. The number of fused-ring (bicyclic) bond motifs is 6. The van der Waals surface area contributed by atoms with Gasteiger partial charge in [0.05, 0.1) is 16.6 Å². The van der Waals surface area contributed by atoms with E-state index >= 15 is 0 Å². The van der Waals surface area contributed by atoms with Crippen LogP contribution in [0.2, 0.25) is 0 Å². The summed E-state index contributed by atoms with van der Waals surface area (Å²) in [7, 11) is 0. The van der Waals surface area contributed by atoms with Crippen molar-refractivity contribution in [2.75, 3.05) is 0 Å². The van der Waals surface area contributed by atoms with E-state index in [0.29, 0.717) is 5.82 Å². The van der Waals surface area contributed by atoms with Crippen molar-refractivity contribution in [3.63, 3.8) is 0 Å². The molecule has 0 bridgehead atoms. The summed E-state index contributed by atoms with van der Waals surface area (Å²) in [4.78, 5) is 10.4. The number of furan rings is 1. The van der Waals surface area contributed by atoms with Crippen LogP contribution in [0.1, 0.15) is 0 Å². The maximum Gasteiger partial charge on any atom is 0.162 e. The first-order valence-corrected chi connectivity index (χ1v) is 14.8. The number of rotatable bonds is 4. The van der Waals surface area contributed by atoms with Crippen LogP contribution in [-0.4, -0.2) is 14.5 Å². The Morgan fingerprint density at radius 3 is 1.93 bits per heavy atom. The Kier molecular flexibility index (Phi) is 5.47. The lowest BCUT2D eigenvalue weighted by atomic mass is 10.0. The molecule has 0 aliphatic rings. The lowest BCUT2D eigenvalue weighted by Crippen LogP contribution is -1.99. The number of aromatic nitrogens is 3. The molecule has 3 heterocycles. The number of para-hydroxylation sites is 3. The average molecular weight is 564 g/mol. The Morgan fingerprint density at radius 2 is 1.14 bits per heavy atom. The zero-order valence-corrected chi connectivity index (χ0v) is 23.7. The molecule has 4 heteroatoms. The predicted molar refractivity (Wildman–Crippen MR) is 180 cm³/mol. The van der Waals surface area contributed by atoms with E-state index in [1.54, 1.807) is 0 Å². The van der Waals surface area contributed by atoms with Gasteiger partial charge in [-0.3, -0.25) is 4.57 Å². The van der Waals surface area contributed by atoms with E-state index in [2.05, 4.69) is 120 Å². The van der Waals surface area contributed by atoms with Crippen molar-refractivity contribution < 1.29 is 4.42 Å². The van der Waals surface area contributed by atoms with Crippen molar-refractivity contribution in [2.45, 2.75) is 0 Å². The summed E-state index contributed by atoms with van der Waals surface area (Å²) in [6.45, 7) is 0. The van der Waals surface area contributed by atoms with Crippen molar-refractivity contribution >= 4 is 43.9 Å². The lowest BCUT2D eigenvalue weighted by Gasteiger charge is -2.11. The minimum atomic E-state index is 0.703. The standard InChI is InChI=1S/C40H25N3O/c1-3-12-27(13-4-1)37-36-33-17-7-9-20-34(33)43(40(36)42-39(41-37)28-14-5-2-6-15-28)29-24-22-26(23-25-29)30-18-11-19-32-31-16-8-10-21-35(31)44-38(30)32/h1-25H. The molecule has 44 heavy (non-hydrogen) atoms. The van der Waals surface area contributed by atoms with Gasteiger partial charge in [-0.05, 0) is 29.8 Å². The van der Waals surface area contributed by atoms with Gasteiger partial charge in [0.15, 0.2) is 5.82 Å². The fourth-order valence-corrected chi connectivity index (χ4v) is 6.40. The maximum atomic E-state index is 6.34. The third-order valence-electron chi connectivity index (χ3n) is 8.44. The molecule has 0 unspecified atom stereocenters. The fourth-order valence-electron chi connectivity index (χ4n) is 6.40. The van der Waals surface area contributed by atoms with E-state index in [1.807, 2.05) is 36.4 Å². The van der Waals surface area contributed by atoms with E-state index in [-0.39, 0.29) is 0 Å². The molecule has 4 nitrogen and oxygen atoms in total. The van der Waals surface area contributed by atoms with Crippen LogP contribution >= 0.6 is 0 Å². The molecule has 0 atom stereocenters. The molecule has 0 fully saturated rings. The normalized spacial score (nSPS) is 11.6. The van der Waals surface area contributed by atoms with Crippen LogP contribution in [-0.2, 0) is 0 Å². The summed E-state index contributed by atoms with van der Waals surface area (Å²) in [5.74, 6) is 0.703. The minimum Gasteiger partial charge on any atom is -0.455 e. The van der Waals surface area contributed by atoms with E-state index < -0.39 is 0 Å². The van der Waals surface area contributed by atoms with Gasteiger partial charge < -0.3 is 4.42 Å². The molecule has 0 amide bonds. The topological polar surface area (TPSA) is 43.9 Å². The average Bonchev–Trinajstić information content (AvgIpc) is 3.65. The summed E-state index contributed by atoms with van der Waals surface area (Å²) in [5, 5.41) is 4.43. The highest BCUT2D eigenvalue weighted by Crippen LogP contribution is 2.39. The van der Waals surface area contributed by atoms with Crippen LogP contribution < -0.4 is 0 Å².